The zero-order valence-electron chi connectivity index (χ0n) is 15.5. The fourth-order valence-electron chi connectivity index (χ4n) is 3.39. The third kappa shape index (κ3) is 3.45. The molecule has 0 saturated heterocycles. The summed E-state index contributed by atoms with van der Waals surface area (Å²) in [6, 6.07) is 17.8. The number of hydrogen-bond acceptors (Lipinski definition) is 3. The van der Waals surface area contributed by atoms with Gasteiger partial charge < -0.3 is 4.90 Å². The molecular formula is C22H20FN3O2. The van der Waals surface area contributed by atoms with Gasteiger partial charge in [0.1, 0.15) is 11.5 Å². The van der Waals surface area contributed by atoms with Gasteiger partial charge in [0.15, 0.2) is 0 Å². The van der Waals surface area contributed by atoms with E-state index in [2.05, 4.69) is 5.10 Å². The van der Waals surface area contributed by atoms with Crippen LogP contribution in [-0.4, -0.2) is 26.6 Å². The molecule has 6 heteroatoms. The van der Waals surface area contributed by atoms with Crippen LogP contribution in [0.5, 0.6) is 0 Å². The first kappa shape index (κ1) is 18.1. The van der Waals surface area contributed by atoms with E-state index in [0.717, 1.165) is 12.8 Å². The predicted octanol–water partition coefficient (Wildman–Crippen LogP) is 3.74. The third-order valence-corrected chi connectivity index (χ3v) is 4.97. The standard InChI is InChI=1S/C22H20FN3O2/c1-15(18-9-5-6-10-19(18)23)25(16-11-12-16)22(28)20-13-14-21(27)26(24-20)17-7-3-2-4-8-17/h2-10,13-16H,11-12H2,1H3. The first-order valence-electron chi connectivity index (χ1n) is 9.29. The molecule has 1 aromatic heterocycles. The summed E-state index contributed by atoms with van der Waals surface area (Å²) >= 11 is 0. The van der Waals surface area contributed by atoms with E-state index in [0.29, 0.717) is 11.3 Å². The number of halogens is 1. The molecule has 0 spiro atoms. The highest BCUT2D eigenvalue weighted by Crippen LogP contribution is 2.36. The Morgan fingerprint density at radius 2 is 1.75 bits per heavy atom. The van der Waals surface area contributed by atoms with Crippen LogP contribution in [0.2, 0.25) is 0 Å². The Hall–Kier alpha value is -3.28. The summed E-state index contributed by atoms with van der Waals surface area (Å²) in [5.41, 5.74) is 0.905. The number of benzene rings is 2. The minimum absolute atomic E-state index is 0.0565. The maximum absolute atomic E-state index is 14.3. The number of aromatic nitrogens is 2. The third-order valence-electron chi connectivity index (χ3n) is 4.97. The van der Waals surface area contributed by atoms with Crippen LogP contribution in [0.3, 0.4) is 0 Å². The van der Waals surface area contributed by atoms with Gasteiger partial charge in [0, 0.05) is 17.7 Å². The Bertz CT molecular complexity index is 1060. The number of carbonyl (C=O) groups excluding carboxylic acids is 1. The second kappa shape index (κ2) is 7.38. The lowest BCUT2D eigenvalue weighted by atomic mass is 10.1. The maximum Gasteiger partial charge on any atom is 0.275 e. The van der Waals surface area contributed by atoms with Gasteiger partial charge in [-0.3, -0.25) is 9.59 Å². The average Bonchev–Trinajstić information content (AvgIpc) is 3.54. The second-order valence-electron chi connectivity index (χ2n) is 6.95. The average molecular weight is 377 g/mol. The van der Waals surface area contributed by atoms with Gasteiger partial charge in [0.05, 0.1) is 11.7 Å². The van der Waals surface area contributed by atoms with Gasteiger partial charge in [-0.15, -0.1) is 0 Å². The maximum atomic E-state index is 14.3. The Morgan fingerprint density at radius 1 is 1.07 bits per heavy atom. The minimum atomic E-state index is -0.430. The molecule has 1 saturated carbocycles. The van der Waals surface area contributed by atoms with Crippen molar-refractivity contribution in [3.8, 4) is 5.69 Å². The number of carbonyl (C=O) groups is 1. The molecule has 1 heterocycles. The van der Waals surface area contributed by atoms with Crippen LogP contribution in [0.4, 0.5) is 4.39 Å². The first-order valence-corrected chi connectivity index (χ1v) is 9.29. The van der Waals surface area contributed by atoms with E-state index in [4.69, 9.17) is 0 Å². The van der Waals surface area contributed by atoms with Gasteiger partial charge >= 0.3 is 0 Å². The van der Waals surface area contributed by atoms with Gasteiger partial charge in [-0.1, -0.05) is 36.4 Å². The molecule has 1 atom stereocenters. The molecule has 1 aliphatic rings. The number of nitrogens with zero attached hydrogens (tertiary/aromatic N) is 3. The van der Waals surface area contributed by atoms with Crippen LogP contribution in [0.15, 0.2) is 71.5 Å². The molecule has 1 amide bonds. The zero-order valence-corrected chi connectivity index (χ0v) is 15.5. The van der Waals surface area contributed by atoms with Crippen molar-refractivity contribution in [3.05, 3.63) is 94.2 Å². The SMILES string of the molecule is CC(c1ccccc1F)N(C(=O)c1ccc(=O)n(-c2ccccc2)n1)C1CC1. The summed E-state index contributed by atoms with van der Waals surface area (Å²) in [6.07, 6.45) is 1.76. The van der Waals surface area contributed by atoms with E-state index in [9.17, 15) is 14.0 Å². The smallest absolute Gasteiger partial charge is 0.275 e. The lowest BCUT2D eigenvalue weighted by Gasteiger charge is -2.29. The van der Waals surface area contributed by atoms with E-state index >= 15 is 0 Å². The molecule has 1 aliphatic carbocycles. The predicted molar refractivity (Wildman–Crippen MR) is 104 cm³/mol. The highest BCUT2D eigenvalue weighted by Gasteiger charge is 2.38. The molecule has 4 rings (SSSR count). The molecule has 142 valence electrons. The lowest BCUT2D eigenvalue weighted by molar-refractivity contribution is 0.0663. The fraction of sp³-hybridized carbons (Fsp3) is 0.227. The number of para-hydroxylation sites is 1. The van der Waals surface area contributed by atoms with E-state index < -0.39 is 6.04 Å². The molecule has 0 radical (unpaired) electrons. The van der Waals surface area contributed by atoms with Gasteiger partial charge in [-0.05, 0) is 44.0 Å². The van der Waals surface area contributed by atoms with Crippen molar-refractivity contribution < 1.29 is 9.18 Å². The number of rotatable bonds is 5. The highest BCUT2D eigenvalue weighted by atomic mass is 19.1. The van der Waals surface area contributed by atoms with E-state index in [1.54, 1.807) is 47.4 Å². The largest absolute Gasteiger partial charge is 0.327 e. The topological polar surface area (TPSA) is 55.2 Å². The van der Waals surface area contributed by atoms with Crippen LogP contribution in [0.25, 0.3) is 5.69 Å². The fourth-order valence-corrected chi connectivity index (χ4v) is 3.39. The summed E-state index contributed by atoms with van der Waals surface area (Å²) in [7, 11) is 0. The van der Waals surface area contributed by atoms with Crippen molar-refractivity contribution in [2.75, 3.05) is 0 Å². The van der Waals surface area contributed by atoms with Crippen LogP contribution in [-0.2, 0) is 0 Å². The lowest BCUT2D eigenvalue weighted by Crippen LogP contribution is -2.37. The first-order chi connectivity index (χ1) is 13.6. The van der Waals surface area contributed by atoms with Crippen molar-refractivity contribution in [2.45, 2.75) is 31.8 Å². The highest BCUT2D eigenvalue weighted by molar-refractivity contribution is 5.93. The minimum Gasteiger partial charge on any atom is -0.327 e. The van der Waals surface area contributed by atoms with Crippen LogP contribution in [0, 0.1) is 5.82 Å². The van der Waals surface area contributed by atoms with Crippen LogP contribution < -0.4 is 5.56 Å². The number of amides is 1. The molecule has 0 aliphatic heterocycles. The summed E-state index contributed by atoms with van der Waals surface area (Å²) in [4.78, 5) is 27.2. The zero-order chi connectivity index (χ0) is 19.7. The Balaban J connectivity index is 1.71. The van der Waals surface area contributed by atoms with E-state index in [-0.39, 0.29) is 29.0 Å². The van der Waals surface area contributed by atoms with Crippen molar-refractivity contribution >= 4 is 5.91 Å². The molecule has 2 aromatic carbocycles. The van der Waals surface area contributed by atoms with E-state index in [1.165, 1.54) is 22.9 Å². The molecule has 3 aromatic rings. The van der Waals surface area contributed by atoms with Crippen molar-refractivity contribution in [1.82, 2.24) is 14.7 Å². The van der Waals surface area contributed by atoms with Crippen LogP contribution >= 0.6 is 0 Å². The quantitative estimate of drug-likeness (QED) is 0.681. The van der Waals surface area contributed by atoms with Gasteiger partial charge in [0.2, 0.25) is 0 Å². The van der Waals surface area contributed by atoms with Crippen LogP contribution in [0.1, 0.15) is 41.9 Å². The molecule has 5 nitrogen and oxygen atoms in total. The number of hydrogen-bond donors (Lipinski definition) is 0. The Kier molecular flexibility index (Phi) is 4.77. The summed E-state index contributed by atoms with van der Waals surface area (Å²) in [5.74, 6) is -0.640. The van der Waals surface area contributed by atoms with Crippen molar-refractivity contribution in [1.29, 1.82) is 0 Å². The molecule has 0 bridgehead atoms. The van der Waals surface area contributed by atoms with Gasteiger partial charge in [0.25, 0.3) is 11.5 Å². The molecule has 0 N–H and O–H groups in total. The molecular weight excluding hydrogens is 357 g/mol. The monoisotopic (exact) mass is 377 g/mol. The van der Waals surface area contributed by atoms with Crippen molar-refractivity contribution in [3.63, 3.8) is 0 Å². The Labute approximate surface area is 162 Å². The summed E-state index contributed by atoms with van der Waals surface area (Å²) in [6.45, 7) is 1.82. The normalized spacial score (nSPS) is 14.5. The second-order valence-corrected chi connectivity index (χ2v) is 6.95. The molecule has 1 unspecified atom stereocenters. The van der Waals surface area contributed by atoms with Gasteiger partial charge in [-0.25, -0.2) is 4.39 Å². The van der Waals surface area contributed by atoms with Gasteiger partial charge in [-0.2, -0.15) is 9.78 Å². The molecule has 28 heavy (non-hydrogen) atoms. The van der Waals surface area contributed by atoms with E-state index in [1.807, 2.05) is 13.0 Å². The molecule has 1 fully saturated rings. The summed E-state index contributed by atoms with van der Waals surface area (Å²) < 4.78 is 15.5. The van der Waals surface area contributed by atoms with Crippen molar-refractivity contribution in [2.24, 2.45) is 0 Å². The Morgan fingerprint density at radius 3 is 2.43 bits per heavy atom. The summed E-state index contributed by atoms with van der Waals surface area (Å²) in [5, 5.41) is 4.29.